The summed E-state index contributed by atoms with van der Waals surface area (Å²) in [4.78, 5) is 42.8. The standard InChI is InChI=1S/C41H75O8P/c1-3-5-7-9-11-13-15-17-19-20-22-24-26-28-30-32-34-36-41(43)49-39(38-48-50(44,45)46)37-47-40(42)35-33-31-29-27-25-23-21-18-16-14-12-10-8-6-4-2/h12,14,18,21,25,27,39H,3-11,13,15-17,19-20,22-24,26,28-38H2,1-2H3,(H2,44,45,46)/b14-12-,21-18-,27-25-/t39-/m1/s1. The van der Waals surface area contributed by atoms with E-state index >= 15 is 0 Å². The molecule has 0 heterocycles. The lowest BCUT2D eigenvalue weighted by Crippen LogP contribution is -2.29. The van der Waals surface area contributed by atoms with Gasteiger partial charge in [0.25, 0.3) is 0 Å². The average molecular weight is 727 g/mol. The van der Waals surface area contributed by atoms with Crippen LogP contribution in [0.5, 0.6) is 0 Å². The number of unbranched alkanes of at least 4 members (excludes halogenated alkanes) is 21. The van der Waals surface area contributed by atoms with Gasteiger partial charge in [-0.2, -0.15) is 0 Å². The number of allylic oxidation sites excluding steroid dienone is 6. The van der Waals surface area contributed by atoms with E-state index in [9.17, 15) is 14.2 Å². The van der Waals surface area contributed by atoms with E-state index in [2.05, 4.69) is 54.8 Å². The van der Waals surface area contributed by atoms with E-state index in [1.807, 2.05) is 0 Å². The molecule has 0 unspecified atom stereocenters. The van der Waals surface area contributed by atoms with Crippen molar-refractivity contribution in [2.75, 3.05) is 13.2 Å². The second-order valence-corrected chi connectivity index (χ2v) is 14.9. The second-order valence-electron chi connectivity index (χ2n) is 13.6. The molecule has 0 aliphatic heterocycles. The van der Waals surface area contributed by atoms with Gasteiger partial charge in [0, 0.05) is 12.8 Å². The molecule has 50 heavy (non-hydrogen) atoms. The molecule has 0 aliphatic rings. The molecule has 0 saturated carbocycles. The van der Waals surface area contributed by atoms with E-state index in [4.69, 9.17) is 19.3 Å². The van der Waals surface area contributed by atoms with Crippen LogP contribution in [0.4, 0.5) is 0 Å². The molecule has 0 radical (unpaired) electrons. The lowest BCUT2D eigenvalue weighted by Gasteiger charge is -2.18. The Morgan fingerprint density at radius 2 is 0.900 bits per heavy atom. The first kappa shape index (κ1) is 48.3. The highest BCUT2D eigenvalue weighted by molar-refractivity contribution is 7.46. The molecule has 0 aromatic carbocycles. The highest BCUT2D eigenvalue weighted by Crippen LogP contribution is 2.36. The molecule has 0 fully saturated rings. The fraction of sp³-hybridized carbons (Fsp3) is 0.805. The summed E-state index contributed by atoms with van der Waals surface area (Å²) in [5, 5.41) is 0. The molecular formula is C41H75O8P. The molecule has 9 heteroatoms. The molecule has 0 bridgehead atoms. The zero-order chi connectivity index (χ0) is 36.8. The van der Waals surface area contributed by atoms with Crippen LogP contribution in [0.25, 0.3) is 0 Å². The van der Waals surface area contributed by atoms with Crippen molar-refractivity contribution in [2.24, 2.45) is 0 Å². The minimum Gasteiger partial charge on any atom is -0.462 e. The summed E-state index contributed by atoms with van der Waals surface area (Å²) < 4.78 is 26.3. The Balaban J connectivity index is 3.97. The van der Waals surface area contributed by atoms with Crippen LogP contribution in [-0.2, 0) is 28.2 Å². The van der Waals surface area contributed by atoms with Crippen molar-refractivity contribution in [3.63, 3.8) is 0 Å². The van der Waals surface area contributed by atoms with Crippen LogP contribution in [0.2, 0.25) is 0 Å². The molecule has 0 aromatic heterocycles. The van der Waals surface area contributed by atoms with Crippen molar-refractivity contribution in [1.29, 1.82) is 0 Å². The minimum atomic E-state index is -4.76. The van der Waals surface area contributed by atoms with Crippen molar-refractivity contribution in [3.05, 3.63) is 36.5 Å². The smallest absolute Gasteiger partial charge is 0.462 e. The molecule has 0 amide bonds. The molecule has 0 aromatic rings. The van der Waals surface area contributed by atoms with Gasteiger partial charge in [-0.25, -0.2) is 4.57 Å². The molecule has 292 valence electrons. The SMILES string of the molecule is CCCCC/C=C\C/C=C\C/C=C\CCCCC(=O)OC[C@H](COP(=O)(O)O)OC(=O)CCCCCCCCCCCCCCCCCCC. The summed E-state index contributed by atoms with van der Waals surface area (Å²) in [6.07, 6.45) is 42.9. The van der Waals surface area contributed by atoms with Crippen molar-refractivity contribution in [3.8, 4) is 0 Å². The lowest BCUT2D eigenvalue weighted by atomic mass is 10.0. The minimum absolute atomic E-state index is 0.207. The van der Waals surface area contributed by atoms with E-state index in [1.54, 1.807) is 0 Å². The van der Waals surface area contributed by atoms with Crippen LogP contribution in [0.15, 0.2) is 36.5 Å². The van der Waals surface area contributed by atoms with Crippen molar-refractivity contribution in [2.45, 2.75) is 200 Å². The zero-order valence-corrected chi connectivity index (χ0v) is 32.9. The average Bonchev–Trinajstić information content (AvgIpc) is 3.08. The van der Waals surface area contributed by atoms with E-state index in [1.165, 1.54) is 103 Å². The molecule has 2 N–H and O–H groups in total. The molecule has 0 spiro atoms. The van der Waals surface area contributed by atoms with Crippen molar-refractivity contribution in [1.82, 2.24) is 0 Å². The zero-order valence-electron chi connectivity index (χ0n) is 32.0. The first-order chi connectivity index (χ1) is 24.3. The maximum atomic E-state index is 12.4. The van der Waals surface area contributed by atoms with E-state index in [0.29, 0.717) is 12.8 Å². The topological polar surface area (TPSA) is 119 Å². The Morgan fingerprint density at radius 1 is 0.520 bits per heavy atom. The van der Waals surface area contributed by atoms with Crippen LogP contribution < -0.4 is 0 Å². The lowest BCUT2D eigenvalue weighted by molar-refractivity contribution is -0.161. The van der Waals surface area contributed by atoms with E-state index in [-0.39, 0.29) is 19.4 Å². The third-order valence-electron chi connectivity index (χ3n) is 8.66. The number of ether oxygens (including phenoxy) is 2. The van der Waals surface area contributed by atoms with Crippen LogP contribution in [0.3, 0.4) is 0 Å². The maximum absolute atomic E-state index is 12.4. The predicted octanol–water partition coefficient (Wildman–Crippen LogP) is 12.2. The molecular weight excluding hydrogens is 651 g/mol. The first-order valence-corrected chi connectivity index (χ1v) is 21.8. The van der Waals surface area contributed by atoms with Gasteiger partial charge >= 0.3 is 19.8 Å². The summed E-state index contributed by atoms with van der Waals surface area (Å²) in [6, 6.07) is 0. The van der Waals surface area contributed by atoms with E-state index < -0.39 is 32.5 Å². The summed E-state index contributed by atoms with van der Waals surface area (Å²) in [5.41, 5.74) is 0. The third-order valence-corrected chi connectivity index (χ3v) is 9.15. The normalized spacial score (nSPS) is 12.8. The van der Waals surface area contributed by atoms with Gasteiger partial charge in [-0.1, -0.05) is 166 Å². The van der Waals surface area contributed by atoms with Gasteiger partial charge in [-0.05, 0) is 51.4 Å². The maximum Gasteiger partial charge on any atom is 0.469 e. The van der Waals surface area contributed by atoms with Crippen LogP contribution in [0, 0.1) is 0 Å². The van der Waals surface area contributed by atoms with Crippen molar-refractivity contribution < 1.29 is 37.9 Å². The number of rotatable bonds is 37. The van der Waals surface area contributed by atoms with Gasteiger partial charge in [0.2, 0.25) is 0 Å². The van der Waals surface area contributed by atoms with Crippen LogP contribution >= 0.6 is 7.82 Å². The summed E-state index contributed by atoms with van der Waals surface area (Å²) in [5.74, 6) is -0.924. The number of hydrogen-bond donors (Lipinski definition) is 2. The number of carbonyl (C=O) groups is 2. The Labute approximate surface area is 306 Å². The predicted molar refractivity (Wildman–Crippen MR) is 207 cm³/mol. The fourth-order valence-corrected chi connectivity index (χ4v) is 5.98. The van der Waals surface area contributed by atoms with Gasteiger partial charge in [0.05, 0.1) is 6.61 Å². The van der Waals surface area contributed by atoms with Gasteiger partial charge in [-0.15, -0.1) is 0 Å². The highest BCUT2D eigenvalue weighted by Gasteiger charge is 2.22. The number of phosphoric ester groups is 1. The number of esters is 2. The Kier molecular flexibility index (Phi) is 35.8. The van der Waals surface area contributed by atoms with E-state index in [0.717, 1.165) is 51.4 Å². The van der Waals surface area contributed by atoms with Crippen LogP contribution in [-0.4, -0.2) is 41.0 Å². The number of carbonyl (C=O) groups excluding carboxylic acids is 2. The fourth-order valence-electron chi connectivity index (χ4n) is 5.61. The Morgan fingerprint density at radius 3 is 1.38 bits per heavy atom. The molecule has 0 saturated heterocycles. The summed E-state index contributed by atoms with van der Waals surface area (Å²) in [6.45, 7) is 3.63. The summed E-state index contributed by atoms with van der Waals surface area (Å²) in [7, 11) is -4.76. The quantitative estimate of drug-likeness (QED) is 0.0281. The van der Waals surface area contributed by atoms with Crippen LogP contribution in [0.1, 0.15) is 194 Å². The third kappa shape index (κ3) is 39.1. The highest BCUT2D eigenvalue weighted by atomic mass is 31.2. The molecule has 1 atom stereocenters. The van der Waals surface area contributed by atoms with Crippen molar-refractivity contribution >= 4 is 19.8 Å². The summed E-state index contributed by atoms with van der Waals surface area (Å²) >= 11 is 0. The van der Waals surface area contributed by atoms with Gasteiger partial charge in [0.1, 0.15) is 6.61 Å². The first-order valence-electron chi connectivity index (χ1n) is 20.3. The molecule has 0 aliphatic carbocycles. The Hall–Kier alpha value is -1.73. The number of hydrogen-bond acceptors (Lipinski definition) is 6. The van der Waals surface area contributed by atoms with Gasteiger partial charge in [0.15, 0.2) is 6.10 Å². The molecule has 0 rings (SSSR count). The monoisotopic (exact) mass is 727 g/mol. The Bertz CT molecular complexity index is 910. The largest absolute Gasteiger partial charge is 0.469 e. The van der Waals surface area contributed by atoms with Gasteiger partial charge in [-0.3, -0.25) is 14.1 Å². The molecule has 8 nitrogen and oxygen atoms in total. The number of phosphoric acid groups is 1. The van der Waals surface area contributed by atoms with Gasteiger partial charge < -0.3 is 19.3 Å². The second kappa shape index (κ2) is 37.0.